The van der Waals surface area contributed by atoms with Crippen molar-refractivity contribution in [3.05, 3.63) is 0 Å². The fraction of sp³-hybridized carbons (Fsp3) is 0. The second-order valence-electron chi connectivity index (χ2n) is 0.690. The summed E-state index contributed by atoms with van der Waals surface area (Å²) in [4.78, 5) is 26.1. The van der Waals surface area contributed by atoms with Crippen LogP contribution in [0, 0.1) is 0 Å². The Morgan fingerprint density at radius 3 is 1.64 bits per heavy atom. The molecule has 4 N–H and O–H groups in total. The van der Waals surface area contributed by atoms with Gasteiger partial charge in [-0.05, 0) is 0 Å². The molecule has 0 aliphatic heterocycles. The lowest BCUT2D eigenvalue weighted by Gasteiger charge is -1.70. The molecule has 0 saturated heterocycles. The summed E-state index contributed by atoms with van der Waals surface area (Å²) in [5.74, 6) is 4.41. The highest BCUT2D eigenvalue weighted by atomic mass is 16.1. The van der Waals surface area contributed by atoms with Crippen molar-refractivity contribution in [3.63, 3.8) is 0 Å². The van der Waals surface area contributed by atoms with Gasteiger partial charge in [-0.3, -0.25) is 20.4 Å². The molecule has 0 bridgehead atoms. The number of hydrazine groups is 1. The number of amides is 2. The van der Waals surface area contributed by atoms with Crippen LogP contribution in [0.5, 0.6) is 0 Å². The number of rotatable bonds is 3. The summed E-state index contributed by atoms with van der Waals surface area (Å²) in [7, 11) is 0. The predicted octanol–water partition coefficient (Wildman–Crippen LogP) is -2.23. The first-order valence-corrected chi connectivity index (χ1v) is 2.17. The number of nitrogens with two attached hydrogens (primary N) is 1. The normalized spacial score (nSPS) is 4.82. The number of nitrogens with one attached hydrogen (secondary N) is 2. The smallest absolute Gasteiger partial charge is 0.227 e. The van der Waals surface area contributed by atoms with Gasteiger partial charge in [0.05, 0.1) is 0 Å². The van der Waals surface area contributed by atoms with Gasteiger partial charge in [0.25, 0.3) is 0 Å². The Kier molecular flexibility index (Phi) is 60.3. The van der Waals surface area contributed by atoms with E-state index in [9.17, 15) is 0 Å². The first-order valence-electron chi connectivity index (χ1n) is 2.17. The predicted molar refractivity (Wildman–Crippen MR) is 39.3 cm³/mol. The second-order valence-corrected chi connectivity index (χ2v) is 0.690. The largest absolute Gasteiger partial charge is 0.307 e. The van der Waals surface area contributed by atoms with Gasteiger partial charge in [0.15, 0.2) is 0 Å². The number of hydrogen-bond acceptors (Lipinski definition) is 5. The lowest BCUT2D eigenvalue weighted by molar-refractivity contribution is -0.110. The molecule has 0 aliphatic carbocycles. The molecule has 0 aromatic heterocycles. The van der Waals surface area contributed by atoms with E-state index in [4.69, 9.17) is 14.4 Å². The van der Waals surface area contributed by atoms with Crippen LogP contribution in [-0.4, -0.2) is 26.3 Å². The molecule has 0 rings (SSSR count). The Labute approximate surface area is 63.6 Å². The van der Waals surface area contributed by atoms with Crippen molar-refractivity contribution in [3.8, 4) is 0 Å². The standard InChI is InChI=1S/C2H4N2O.CH4N2O.CH2O/c1-3-4-2-5;2-3-1-4;1-2/h2H,1H2,(H,4,5);1H,2H2,(H,3,4);1H2. The van der Waals surface area contributed by atoms with Crippen LogP contribution in [0.4, 0.5) is 0 Å². The van der Waals surface area contributed by atoms with Crippen LogP contribution in [0.15, 0.2) is 5.10 Å². The fourth-order valence-electron chi connectivity index (χ4n) is 0.0373. The molecule has 0 aromatic carbocycles. The van der Waals surface area contributed by atoms with E-state index in [1.807, 2.05) is 12.2 Å². The fourth-order valence-corrected chi connectivity index (χ4v) is 0.0373. The summed E-state index contributed by atoms with van der Waals surface area (Å²) in [6, 6.07) is 0. The third-order valence-electron chi connectivity index (χ3n) is 0.212. The molecule has 0 radical (unpaired) electrons. The molecule has 0 unspecified atom stereocenters. The molecule has 64 valence electrons. The third kappa shape index (κ3) is 209. The van der Waals surface area contributed by atoms with E-state index in [0.717, 1.165) is 0 Å². The summed E-state index contributed by atoms with van der Waals surface area (Å²) < 4.78 is 0. The van der Waals surface area contributed by atoms with Gasteiger partial charge in [-0.25, -0.2) is 5.84 Å². The van der Waals surface area contributed by atoms with E-state index in [1.54, 1.807) is 5.43 Å². The van der Waals surface area contributed by atoms with Crippen LogP contribution in [0.2, 0.25) is 0 Å². The summed E-state index contributed by atoms with van der Waals surface area (Å²) in [6.45, 7) is 4.96. The highest BCUT2D eigenvalue weighted by Crippen LogP contribution is 1.32. The molecule has 0 fully saturated rings. The molecule has 2 amide bonds. The lowest BCUT2D eigenvalue weighted by atomic mass is 11.4. The number of hydrazone groups is 1. The maximum atomic E-state index is 9.16. The summed E-state index contributed by atoms with van der Waals surface area (Å²) >= 11 is 0. The minimum Gasteiger partial charge on any atom is -0.307 e. The molecule has 7 nitrogen and oxygen atoms in total. The molecule has 0 aromatic rings. The first kappa shape index (κ1) is 16.1. The van der Waals surface area contributed by atoms with Crippen molar-refractivity contribution in [2.45, 2.75) is 0 Å². The van der Waals surface area contributed by atoms with Crippen LogP contribution in [0.1, 0.15) is 0 Å². The van der Waals surface area contributed by atoms with Crippen molar-refractivity contribution in [2.75, 3.05) is 0 Å². The molecule has 0 aliphatic rings. The highest BCUT2D eigenvalue weighted by molar-refractivity contribution is 5.46. The van der Waals surface area contributed by atoms with E-state index >= 15 is 0 Å². The average Bonchev–Trinajstić information content (AvgIpc) is 2.10. The monoisotopic (exact) mass is 162 g/mol. The summed E-state index contributed by atoms with van der Waals surface area (Å²) in [5.41, 5.74) is 3.69. The number of hydrogen-bond donors (Lipinski definition) is 3. The Hall–Kier alpha value is -1.76. The van der Waals surface area contributed by atoms with Crippen molar-refractivity contribution in [1.29, 1.82) is 0 Å². The molecular weight excluding hydrogens is 152 g/mol. The molecule has 0 heterocycles. The zero-order valence-corrected chi connectivity index (χ0v) is 5.82. The van der Waals surface area contributed by atoms with Crippen molar-refractivity contribution in [2.24, 2.45) is 10.9 Å². The van der Waals surface area contributed by atoms with Gasteiger partial charge in [0.1, 0.15) is 6.79 Å². The SMILES string of the molecule is C=NNC=O.C=O.NNC=O. The minimum absolute atomic E-state index is 0.403. The molecule has 11 heavy (non-hydrogen) atoms. The Balaban J connectivity index is -0.0000000965. The van der Waals surface area contributed by atoms with Crippen LogP contribution in [0.3, 0.4) is 0 Å². The molecule has 0 spiro atoms. The van der Waals surface area contributed by atoms with Crippen LogP contribution < -0.4 is 16.7 Å². The second kappa shape index (κ2) is 41.1. The quantitative estimate of drug-likeness (QED) is 0.143. The van der Waals surface area contributed by atoms with Crippen molar-refractivity contribution < 1.29 is 14.4 Å². The number of carbonyl (C=O) groups is 3. The lowest BCUT2D eigenvalue weighted by Crippen LogP contribution is -2.18. The molecule has 7 heteroatoms. The Morgan fingerprint density at radius 2 is 1.64 bits per heavy atom. The van der Waals surface area contributed by atoms with Gasteiger partial charge in [-0.15, -0.1) is 0 Å². The zero-order chi connectivity index (χ0) is 9.54. The van der Waals surface area contributed by atoms with E-state index in [2.05, 4.69) is 17.7 Å². The van der Waals surface area contributed by atoms with Gasteiger partial charge in [0.2, 0.25) is 12.8 Å². The number of carbonyl (C=O) groups excluding carboxylic acids is 3. The Morgan fingerprint density at radius 1 is 1.27 bits per heavy atom. The van der Waals surface area contributed by atoms with Gasteiger partial charge >= 0.3 is 0 Å². The van der Waals surface area contributed by atoms with Gasteiger partial charge in [-0.2, -0.15) is 5.10 Å². The molecular formula is C4H10N4O3. The number of nitrogens with zero attached hydrogens (tertiary/aromatic N) is 1. The van der Waals surface area contributed by atoms with E-state index in [0.29, 0.717) is 12.8 Å². The van der Waals surface area contributed by atoms with E-state index in [1.165, 1.54) is 0 Å². The van der Waals surface area contributed by atoms with Gasteiger partial charge < -0.3 is 4.79 Å². The summed E-state index contributed by atoms with van der Waals surface area (Å²) in [5, 5.41) is 2.99. The average molecular weight is 162 g/mol. The van der Waals surface area contributed by atoms with Gasteiger partial charge in [0, 0.05) is 6.72 Å². The third-order valence-corrected chi connectivity index (χ3v) is 0.212. The highest BCUT2D eigenvalue weighted by Gasteiger charge is 1.50. The van der Waals surface area contributed by atoms with Crippen molar-refractivity contribution in [1.82, 2.24) is 10.9 Å². The van der Waals surface area contributed by atoms with Gasteiger partial charge in [-0.1, -0.05) is 0 Å². The van der Waals surface area contributed by atoms with Crippen LogP contribution in [0.25, 0.3) is 0 Å². The van der Waals surface area contributed by atoms with E-state index in [-0.39, 0.29) is 0 Å². The zero-order valence-electron chi connectivity index (χ0n) is 5.82. The van der Waals surface area contributed by atoms with Crippen molar-refractivity contribution >= 4 is 26.3 Å². The van der Waals surface area contributed by atoms with Crippen LogP contribution in [-0.2, 0) is 14.4 Å². The van der Waals surface area contributed by atoms with Crippen LogP contribution >= 0.6 is 0 Å². The maximum absolute atomic E-state index is 9.16. The minimum atomic E-state index is 0.403. The Bertz CT molecular complexity index is 91.3. The maximum Gasteiger partial charge on any atom is 0.227 e. The summed E-state index contributed by atoms with van der Waals surface area (Å²) in [6.07, 6.45) is 0.854. The molecule has 0 atom stereocenters. The van der Waals surface area contributed by atoms with E-state index < -0.39 is 0 Å². The first-order chi connectivity index (χ1) is 5.33. The topological polar surface area (TPSA) is 114 Å². The molecule has 0 saturated carbocycles.